The molecular weight excluding hydrogens is 356 g/mol. The molecule has 0 amide bonds. The maximum absolute atomic E-state index is 4.01. The largest absolute Gasteiger partial charge is 0.131 e. The van der Waals surface area contributed by atoms with Crippen molar-refractivity contribution in [2.45, 2.75) is 33.1 Å². The highest BCUT2D eigenvalue weighted by atomic mass is 32.1. The Balaban J connectivity index is 2.11. The second-order valence-corrected chi connectivity index (χ2v) is 8.41. The molecule has 0 atom stereocenters. The second-order valence-electron chi connectivity index (χ2n) is 5.45. The predicted molar refractivity (Wildman–Crippen MR) is 111 cm³/mol. The van der Waals surface area contributed by atoms with Crippen molar-refractivity contribution in [1.82, 2.24) is 0 Å². The van der Waals surface area contributed by atoms with Gasteiger partial charge in [0.1, 0.15) is 0 Å². The Morgan fingerprint density at radius 2 is 1.26 bits per heavy atom. The van der Waals surface area contributed by atoms with Crippen LogP contribution in [-0.2, 0) is 0 Å². The van der Waals surface area contributed by atoms with Crippen LogP contribution in [0.2, 0.25) is 0 Å². The summed E-state index contributed by atoms with van der Waals surface area (Å²) in [4.78, 5) is 4.87. The average molecular weight is 373 g/mol. The Labute approximate surface area is 156 Å². The predicted octanol–water partition coefficient (Wildman–Crippen LogP) is 6.00. The van der Waals surface area contributed by atoms with Gasteiger partial charge in [0, 0.05) is 9.75 Å². The van der Waals surface area contributed by atoms with Crippen molar-refractivity contribution < 1.29 is 0 Å². The fourth-order valence-electron chi connectivity index (χ4n) is 3.13. The number of thiophene rings is 2. The van der Waals surface area contributed by atoms with Gasteiger partial charge in [-0.25, -0.2) is 0 Å². The van der Waals surface area contributed by atoms with Crippen molar-refractivity contribution in [3.8, 4) is 22.3 Å². The highest BCUT2D eigenvalue weighted by molar-refractivity contribution is 7.85. The first-order chi connectivity index (χ1) is 11.1. The van der Waals surface area contributed by atoms with Crippen molar-refractivity contribution in [3.05, 3.63) is 42.8 Å². The molecule has 0 aliphatic heterocycles. The Kier molecular flexibility index (Phi) is 5.29. The monoisotopic (exact) mass is 372 g/mol. The molecule has 0 radical (unpaired) electrons. The topological polar surface area (TPSA) is 0 Å². The smallest absolute Gasteiger partial charge is 0.0786 e. The lowest BCUT2D eigenvalue weighted by molar-refractivity contribution is 0.941. The van der Waals surface area contributed by atoms with E-state index in [1.54, 1.807) is 22.7 Å². The minimum Gasteiger partial charge on any atom is -0.131 e. The van der Waals surface area contributed by atoms with E-state index < -0.39 is 0 Å². The van der Waals surface area contributed by atoms with Crippen molar-refractivity contribution in [2.24, 2.45) is 0 Å². The summed E-state index contributed by atoms with van der Waals surface area (Å²) in [5, 5.41) is 5.41. The normalized spacial score (nSPS) is 13.6. The number of thiol groups is 2. The molecule has 2 aromatic rings. The minimum absolute atomic E-state index is 1.09. The summed E-state index contributed by atoms with van der Waals surface area (Å²) < 4.78 is 0. The van der Waals surface area contributed by atoms with Gasteiger partial charge in [-0.2, -0.15) is 0 Å². The molecule has 1 aliphatic rings. The lowest BCUT2D eigenvalue weighted by atomic mass is 9.97. The fourth-order valence-corrected chi connectivity index (χ4v) is 5.33. The van der Waals surface area contributed by atoms with Gasteiger partial charge in [0.05, 0.1) is 9.75 Å². The Morgan fingerprint density at radius 3 is 1.65 bits per heavy atom. The molecule has 116 valence electrons. The molecule has 1 aliphatic carbocycles. The van der Waals surface area contributed by atoms with Gasteiger partial charge in [-0.1, -0.05) is 25.3 Å². The molecule has 0 saturated heterocycles. The lowest BCUT2D eigenvalue weighted by Crippen LogP contribution is -1.86. The summed E-state index contributed by atoms with van der Waals surface area (Å²) in [6.45, 7) is 4.37. The molecule has 0 bridgehead atoms. The van der Waals surface area contributed by atoms with Crippen LogP contribution < -0.4 is 0 Å². The van der Waals surface area contributed by atoms with Crippen LogP contribution >= 0.6 is 47.9 Å². The molecular formula is C19H16S4. The van der Waals surface area contributed by atoms with Gasteiger partial charge in [-0.05, 0) is 89.9 Å². The molecule has 0 aromatic carbocycles. The van der Waals surface area contributed by atoms with Crippen LogP contribution in [0.3, 0.4) is 0 Å². The van der Waals surface area contributed by atoms with Crippen LogP contribution in [0.25, 0.3) is 11.1 Å². The van der Waals surface area contributed by atoms with Gasteiger partial charge in [0.25, 0.3) is 0 Å². The van der Waals surface area contributed by atoms with Crippen molar-refractivity contribution in [1.29, 1.82) is 0 Å². The Hall–Kier alpha value is -1.04. The molecule has 2 heterocycles. The van der Waals surface area contributed by atoms with Crippen LogP contribution in [0.15, 0.2) is 12.1 Å². The maximum atomic E-state index is 4.01. The first-order valence-corrected chi connectivity index (χ1v) is 9.90. The summed E-state index contributed by atoms with van der Waals surface area (Å²) in [6, 6.07) is 4.44. The number of allylic oxidation sites excluding steroid dienone is 2. The quantitative estimate of drug-likeness (QED) is 0.469. The summed E-state index contributed by atoms with van der Waals surface area (Å²) in [5.41, 5.74) is 5.69. The SMILES string of the molecule is Cc1sc(C#CS)cc1C1=C(c2cc(C#CS)sc2C)CCC1. The van der Waals surface area contributed by atoms with Crippen molar-refractivity contribution in [3.63, 3.8) is 0 Å². The molecule has 0 fully saturated rings. The fraction of sp³-hybridized carbons (Fsp3) is 0.263. The standard InChI is InChI=1S/C19H16S4/c1-12-18(10-14(22-12)6-8-20)16-4-3-5-17(16)19-11-15(7-9-21)23-13(19)2/h10-11,20-21H,3-5H2,1-2H3. The average Bonchev–Trinajstić information content (AvgIpc) is 3.19. The van der Waals surface area contributed by atoms with Gasteiger partial charge in [-0.15, -0.1) is 22.7 Å². The van der Waals surface area contributed by atoms with E-state index >= 15 is 0 Å². The first-order valence-electron chi connectivity index (χ1n) is 7.38. The number of aryl methyl sites for hydroxylation is 2. The van der Waals surface area contributed by atoms with Gasteiger partial charge in [0.15, 0.2) is 0 Å². The zero-order valence-corrected chi connectivity index (χ0v) is 16.4. The zero-order valence-electron chi connectivity index (χ0n) is 13.0. The van der Waals surface area contributed by atoms with Crippen molar-refractivity contribution in [2.75, 3.05) is 0 Å². The Bertz CT molecular complexity index is 827. The van der Waals surface area contributed by atoms with Crippen molar-refractivity contribution >= 4 is 59.1 Å². The van der Waals surface area contributed by atoms with Gasteiger partial charge >= 0.3 is 0 Å². The van der Waals surface area contributed by atoms with E-state index in [-0.39, 0.29) is 0 Å². The number of rotatable bonds is 2. The van der Waals surface area contributed by atoms with E-state index in [9.17, 15) is 0 Å². The van der Waals surface area contributed by atoms with E-state index in [1.807, 2.05) is 0 Å². The number of hydrogen-bond acceptors (Lipinski definition) is 4. The first kappa shape index (κ1) is 16.8. The van der Waals surface area contributed by atoms with Crippen LogP contribution in [0, 0.1) is 36.2 Å². The van der Waals surface area contributed by atoms with Crippen LogP contribution in [0.1, 0.15) is 49.9 Å². The molecule has 2 aromatic heterocycles. The van der Waals surface area contributed by atoms with E-state index in [4.69, 9.17) is 0 Å². The maximum Gasteiger partial charge on any atom is 0.0786 e. The van der Waals surface area contributed by atoms with E-state index in [0.717, 1.165) is 22.6 Å². The highest BCUT2D eigenvalue weighted by Gasteiger charge is 2.22. The van der Waals surface area contributed by atoms with Crippen LogP contribution in [0.5, 0.6) is 0 Å². The molecule has 4 heteroatoms. The summed E-state index contributed by atoms with van der Waals surface area (Å²) in [7, 11) is 0. The minimum atomic E-state index is 1.09. The Morgan fingerprint density at radius 1 is 0.826 bits per heavy atom. The van der Waals surface area contributed by atoms with Gasteiger partial charge in [0.2, 0.25) is 0 Å². The van der Waals surface area contributed by atoms with E-state index in [0.29, 0.717) is 0 Å². The lowest BCUT2D eigenvalue weighted by Gasteiger charge is -2.07. The zero-order chi connectivity index (χ0) is 16.4. The van der Waals surface area contributed by atoms with Crippen LogP contribution in [-0.4, -0.2) is 0 Å². The summed E-state index contributed by atoms with van der Waals surface area (Å²) in [6.07, 6.45) is 3.50. The molecule has 0 unspecified atom stereocenters. The molecule has 3 rings (SSSR count). The van der Waals surface area contributed by atoms with E-state index in [1.165, 1.54) is 38.4 Å². The highest BCUT2D eigenvalue weighted by Crippen LogP contribution is 2.44. The summed E-state index contributed by atoms with van der Waals surface area (Å²) in [5.74, 6) is 6.13. The number of hydrogen-bond donors (Lipinski definition) is 2. The van der Waals surface area contributed by atoms with Gasteiger partial charge < -0.3 is 0 Å². The summed E-state index contributed by atoms with van der Waals surface area (Å²) >= 11 is 11.5. The third-order valence-electron chi connectivity index (χ3n) is 4.06. The molecule has 0 spiro atoms. The second kappa shape index (κ2) is 7.24. The van der Waals surface area contributed by atoms with Crippen LogP contribution in [0.4, 0.5) is 0 Å². The molecule has 0 saturated carbocycles. The third-order valence-corrected chi connectivity index (χ3v) is 6.22. The molecule has 0 N–H and O–H groups in total. The van der Waals surface area contributed by atoms with E-state index in [2.05, 4.69) is 73.6 Å². The molecule has 0 nitrogen and oxygen atoms in total. The molecule has 23 heavy (non-hydrogen) atoms. The van der Waals surface area contributed by atoms with Gasteiger partial charge in [-0.3, -0.25) is 0 Å². The third kappa shape index (κ3) is 3.42.